The smallest absolute Gasteiger partial charge is 0.0467 e. The van der Waals surface area contributed by atoms with Crippen molar-refractivity contribution in [2.24, 2.45) is 0 Å². The first kappa shape index (κ1) is 27.8. The van der Waals surface area contributed by atoms with Gasteiger partial charge in [-0.3, -0.25) is 0 Å². The van der Waals surface area contributed by atoms with E-state index in [1.807, 2.05) is 11.3 Å². The molecule has 0 fully saturated rings. The third-order valence-corrected chi connectivity index (χ3v) is 11.0. The summed E-state index contributed by atoms with van der Waals surface area (Å²) in [6.45, 7) is 4.80. The maximum Gasteiger partial charge on any atom is 0.0467 e. The molecular formula is C45H33NS. The number of fused-ring (bicyclic) bond motifs is 6. The minimum atomic E-state index is -0.178. The summed E-state index contributed by atoms with van der Waals surface area (Å²) in [6.07, 6.45) is 0. The molecule has 1 aromatic heterocycles. The third-order valence-electron chi connectivity index (χ3n) is 9.83. The van der Waals surface area contributed by atoms with E-state index < -0.39 is 0 Å². The van der Waals surface area contributed by atoms with Crippen LogP contribution < -0.4 is 4.90 Å². The zero-order valence-corrected chi connectivity index (χ0v) is 27.3. The van der Waals surface area contributed by atoms with E-state index in [1.165, 1.54) is 64.7 Å². The Kier molecular flexibility index (Phi) is 6.41. The van der Waals surface area contributed by atoms with Gasteiger partial charge in [0.2, 0.25) is 0 Å². The number of thiophene rings is 1. The highest BCUT2D eigenvalue weighted by Gasteiger charge is 2.39. The van der Waals surface area contributed by atoms with Gasteiger partial charge in [-0.15, -0.1) is 11.3 Å². The predicted octanol–water partition coefficient (Wildman–Crippen LogP) is 13.2. The second-order valence-electron chi connectivity index (χ2n) is 13.0. The minimum absolute atomic E-state index is 0.178. The van der Waals surface area contributed by atoms with Crippen molar-refractivity contribution < 1.29 is 0 Å². The van der Waals surface area contributed by atoms with Gasteiger partial charge in [0.15, 0.2) is 0 Å². The molecule has 7 aromatic carbocycles. The molecule has 1 aliphatic carbocycles. The quantitative estimate of drug-likeness (QED) is 0.185. The summed E-state index contributed by atoms with van der Waals surface area (Å²) >= 11 is 1.91. The van der Waals surface area contributed by atoms with Gasteiger partial charge in [-0.2, -0.15) is 0 Å². The summed E-state index contributed by atoms with van der Waals surface area (Å²) in [7, 11) is 0. The molecule has 0 amide bonds. The fourth-order valence-corrected chi connectivity index (χ4v) is 8.74. The van der Waals surface area contributed by atoms with E-state index in [0.29, 0.717) is 0 Å². The monoisotopic (exact) mass is 619 g/mol. The average molecular weight is 620 g/mol. The topological polar surface area (TPSA) is 3.24 Å². The Morgan fingerprint density at radius 2 is 1.06 bits per heavy atom. The Morgan fingerprint density at radius 3 is 1.83 bits per heavy atom. The van der Waals surface area contributed by atoms with Crippen molar-refractivity contribution in [1.82, 2.24) is 0 Å². The van der Waals surface area contributed by atoms with Crippen LogP contribution >= 0.6 is 11.3 Å². The lowest BCUT2D eigenvalue weighted by atomic mass is 9.81. The Morgan fingerprint density at radius 1 is 0.447 bits per heavy atom. The first-order chi connectivity index (χ1) is 23.1. The Hall–Kier alpha value is -5.44. The zero-order chi connectivity index (χ0) is 31.5. The van der Waals surface area contributed by atoms with Crippen molar-refractivity contribution in [1.29, 1.82) is 0 Å². The van der Waals surface area contributed by atoms with Crippen LogP contribution in [0.15, 0.2) is 164 Å². The predicted molar refractivity (Wildman–Crippen MR) is 202 cm³/mol. The van der Waals surface area contributed by atoms with Crippen LogP contribution in [0.3, 0.4) is 0 Å². The Balaban J connectivity index is 1.28. The number of anilines is 3. The van der Waals surface area contributed by atoms with E-state index in [4.69, 9.17) is 0 Å². The number of para-hydroxylation sites is 1. The molecule has 0 radical (unpaired) electrons. The Labute approximate surface area is 280 Å². The van der Waals surface area contributed by atoms with E-state index in [2.05, 4.69) is 183 Å². The summed E-state index contributed by atoms with van der Waals surface area (Å²) in [5.74, 6) is 0. The molecular weight excluding hydrogens is 587 g/mol. The average Bonchev–Trinajstić information content (AvgIpc) is 3.60. The van der Waals surface area contributed by atoms with Gasteiger partial charge in [0.05, 0.1) is 0 Å². The van der Waals surface area contributed by atoms with Gasteiger partial charge in [-0.05, 0) is 93.0 Å². The third kappa shape index (κ3) is 4.44. The summed E-state index contributed by atoms with van der Waals surface area (Å²) in [5, 5.41) is 2.71. The van der Waals surface area contributed by atoms with E-state index in [-0.39, 0.29) is 5.41 Å². The van der Waals surface area contributed by atoms with Crippen molar-refractivity contribution in [3.05, 3.63) is 175 Å². The summed E-state index contributed by atoms with van der Waals surface area (Å²) in [4.78, 5) is 2.40. The molecule has 0 saturated carbocycles. The van der Waals surface area contributed by atoms with E-state index >= 15 is 0 Å². The summed E-state index contributed by atoms with van der Waals surface area (Å²) in [5.41, 5.74) is 13.8. The maximum atomic E-state index is 2.49. The molecule has 0 atom stereocenters. The minimum Gasteiger partial charge on any atom is -0.310 e. The van der Waals surface area contributed by atoms with Crippen LogP contribution in [-0.2, 0) is 5.41 Å². The van der Waals surface area contributed by atoms with Crippen LogP contribution in [0.25, 0.3) is 53.6 Å². The molecule has 0 spiro atoms. The van der Waals surface area contributed by atoms with E-state index in [1.54, 1.807) is 0 Å². The highest BCUT2D eigenvalue weighted by Crippen LogP contribution is 2.57. The van der Waals surface area contributed by atoms with Crippen molar-refractivity contribution in [3.63, 3.8) is 0 Å². The van der Waals surface area contributed by atoms with Crippen LogP contribution in [-0.4, -0.2) is 0 Å². The van der Waals surface area contributed by atoms with Crippen LogP contribution in [0.5, 0.6) is 0 Å². The summed E-state index contributed by atoms with van der Waals surface area (Å²) < 4.78 is 2.70. The van der Waals surface area contributed by atoms with Gasteiger partial charge in [-0.25, -0.2) is 0 Å². The second-order valence-corrected chi connectivity index (χ2v) is 14.0. The van der Waals surface area contributed by atoms with Crippen molar-refractivity contribution in [2.75, 3.05) is 4.90 Å². The molecule has 2 heteroatoms. The highest BCUT2D eigenvalue weighted by molar-refractivity contribution is 7.26. The Bertz CT molecular complexity index is 2420. The molecule has 224 valence electrons. The molecule has 0 bridgehead atoms. The SMILES string of the molecule is CC1(C)c2cc(N(c3ccccc3)c3cccc(-c4ccccc4)c3)ccc2-c2c1cc1sc3ccccc3c1c2-c1ccccc1. The molecule has 47 heavy (non-hydrogen) atoms. The fraction of sp³-hybridized carbons (Fsp3) is 0.0667. The second kappa shape index (κ2) is 10.8. The van der Waals surface area contributed by atoms with Gasteiger partial charge < -0.3 is 4.90 Å². The highest BCUT2D eigenvalue weighted by atomic mass is 32.1. The molecule has 0 aliphatic heterocycles. The van der Waals surface area contributed by atoms with Crippen LogP contribution in [0.1, 0.15) is 25.0 Å². The molecule has 8 aromatic rings. The maximum absolute atomic E-state index is 2.49. The van der Waals surface area contributed by atoms with Gasteiger partial charge in [0.25, 0.3) is 0 Å². The van der Waals surface area contributed by atoms with E-state index in [9.17, 15) is 0 Å². The van der Waals surface area contributed by atoms with Gasteiger partial charge in [0, 0.05) is 42.6 Å². The molecule has 1 nitrogen and oxygen atoms in total. The number of nitrogens with zero attached hydrogens (tertiary/aromatic N) is 1. The number of hydrogen-bond acceptors (Lipinski definition) is 2. The first-order valence-electron chi connectivity index (χ1n) is 16.3. The standard InChI is InChI=1S/C45H33NS/c1-45(2)38-28-35(46(33-20-10-5-11-21-33)34-22-14-19-32(27-34)30-15-6-3-7-16-30)25-26-36(38)43-39(45)29-41-44(37-23-12-13-24-40(37)47-41)42(43)31-17-8-4-9-18-31/h3-29H,1-2H3. The molecule has 0 saturated heterocycles. The summed E-state index contributed by atoms with van der Waals surface area (Å²) in [6, 6.07) is 59.8. The van der Waals surface area contributed by atoms with Crippen molar-refractivity contribution in [2.45, 2.75) is 19.3 Å². The zero-order valence-electron chi connectivity index (χ0n) is 26.4. The van der Waals surface area contributed by atoms with Crippen LogP contribution in [0.2, 0.25) is 0 Å². The lowest BCUT2D eigenvalue weighted by Crippen LogP contribution is -2.16. The number of hydrogen-bond donors (Lipinski definition) is 0. The molecule has 1 heterocycles. The molecule has 1 aliphatic rings. The number of benzene rings is 7. The fourth-order valence-electron chi connectivity index (χ4n) is 7.58. The lowest BCUT2D eigenvalue weighted by Gasteiger charge is -2.28. The first-order valence-corrected chi connectivity index (χ1v) is 17.1. The van der Waals surface area contributed by atoms with Crippen LogP contribution in [0, 0.1) is 0 Å². The van der Waals surface area contributed by atoms with Crippen molar-refractivity contribution >= 4 is 48.6 Å². The lowest BCUT2D eigenvalue weighted by molar-refractivity contribution is 0.661. The van der Waals surface area contributed by atoms with Gasteiger partial charge in [0.1, 0.15) is 0 Å². The van der Waals surface area contributed by atoms with Crippen molar-refractivity contribution in [3.8, 4) is 33.4 Å². The molecule has 0 N–H and O–H groups in total. The normalized spacial score (nSPS) is 13.1. The largest absolute Gasteiger partial charge is 0.310 e. The number of rotatable bonds is 5. The van der Waals surface area contributed by atoms with Gasteiger partial charge >= 0.3 is 0 Å². The van der Waals surface area contributed by atoms with Crippen LogP contribution in [0.4, 0.5) is 17.1 Å². The molecule has 9 rings (SSSR count). The van der Waals surface area contributed by atoms with E-state index in [0.717, 1.165) is 17.1 Å². The molecule has 0 unspecified atom stereocenters. The van der Waals surface area contributed by atoms with Gasteiger partial charge in [-0.1, -0.05) is 129 Å².